The largest absolute Gasteiger partial charge is 0.400 e. The lowest BCUT2D eigenvalue weighted by atomic mass is 11.8. The van der Waals surface area contributed by atoms with Gasteiger partial charge in [0.05, 0.1) is 5.34 Å². The molecule has 0 unspecified atom stereocenters. The Morgan fingerprint density at radius 3 is 0.538 bits per heavy atom. The molecule has 0 bridgehead atoms. The summed E-state index contributed by atoms with van der Waals surface area (Å²) in [6, 6.07) is 0. The topological polar surface area (TPSA) is 101 Å². The van der Waals surface area contributed by atoms with Crippen LogP contribution in [0.2, 0.25) is 0 Å². The highest BCUT2D eigenvalue weighted by Gasteiger charge is 1.41. The van der Waals surface area contributed by atoms with Gasteiger partial charge in [-0.2, -0.15) is 0 Å². The van der Waals surface area contributed by atoms with Gasteiger partial charge in [0.2, 0.25) is 0 Å². The molecule has 0 amide bonds. The van der Waals surface area contributed by atoms with Crippen LogP contribution >= 0.6 is 23.2 Å². The summed E-state index contributed by atoms with van der Waals surface area (Å²) in [6.45, 7) is 0. The van der Waals surface area contributed by atoms with Crippen LogP contribution < -0.4 is 0 Å². The number of hydrogen-bond acceptors (Lipinski definition) is 5. The molecule has 0 aromatic heterocycles. The molecule has 5 nitrogen and oxygen atoms in total. The Hall–Kier alpha value is 0.380. The number of halogens is 2. The summed E-state index contributed by atoms with van der Waals surface area (Å²) in [5, 5.41) is 35.2. The van der Waals surface area contributed by atoms with E-state index < -0.39 is 0 Å². The summed E-state index contributed by atoms with van der Waals surface area (Å²) < 4.78 is 0. The summed E-state index contributed by atoms with van der Waals surface area (Å²) in [7, 11) is 5.00. The molecule has 0 rings (SSSR count). The van der Waals surface area contributed by atoms with E-state index in [-0.39, 0.29) is 5.34 Å². The lowest BCUT2D eigenvalue weighted by Gasteiger charge is -1.42. The van der Waals surface area contributed by atoms with E-state index in [1.54, 1.807) is 0 Å². The second kappa shape index (κ2) is 842. The van der Waals surface area contributed by atoms with E-state index in [2.05, 4.69) is 0 Å². The Morgan fingerprint density at radius 1 is 0.538 bits per heavy atom. The quantitative estimate of drug-likeness (QED) is 0.369. The molecule has 0 aromatic rings. The zero-order chi connectivity index (χ0) is 12.7. The smallest absolute Gasteiger partial charge is 0.0967 e. The minimum absolute atomic E-state index is 0.194. The minimum Gasteiger partial charge on any atom is -0.400 e. The molecule has 7 heteroatoms. The van der Waals surface area contributed by atoms with Gasteiger partial charge in [-0.3, -0.25) is 0 Å². The predicted octanol–water partition coefficient (Wildman–Crippen LogP) is -0.536. The van der Waals surface area contributed by atoms with E-state index in [0.717, 1.165) is 35.5 Å². The van der Waals surface area contributed by atoms with Gasteiger partial charge in [0.25, 0.3) is 0 Å². The van der Waals surface area contributed by atoms with E-state index in [0.29, 0.717) is 0 Å². The summed E-state index contributed by atoms with van der Waals surface area (Å²) in [4.78, 5) is 0. The Labute approximate surface area is 90.2 Å². The maximum atomic E-state index is 7.00. The van der Waals surface area contributed by atoms with Crippen LogP contribution in [0.1, 0.15) is 0 Å². The highest BCUT2D eigenvalue weighted by molar-refractivity contribution is 6.40. The van der Waals surface area contributed by atoms with Crippen LogP contribution in [0.4, 0.5) is 0 Å². The predicted molar refractivity (Wildman–Crippen MR) is 57.3 cm³/mol. The number of aliphatic hydroxyl groups excluding tert-OH is 5. The van der Waals surface area contributed by atoms with Gasteiger partial charge in [0.15, 0.2) is 0 Å². The van der Waals surface area contributed by atoms with Crippen molar-refractivity contribution in [1.82, 2.24) is 0 Å². The number of alkyl halides is 2. The average Bonchev–Trinajstić information content (AvgIpc) is 2.32. The first kappa shape index (κ1) is 37.7. The third-order valence-electron chi connectivity index (χ3n) is 0. The van der Waals surface area contributed by atoms with E-state index in [1.165, 1.54) is 0 Å². The van der Waals surface area contributed by atoms with Gasteiger partial charge in [-0.1, -0.05) is 0 Å². The normalized spacial score (nSPS) is 3.69. The fraction of sp³-hybridized carbons (Fsp3) is 1.00. The van der Waals surface area contributed by atoms with Gasteiger partial charge in [-0.15, -0.1) is 23.2 Å². The molecule has 0 radical (unpaired) electrons. The van der Waals surface area contributed by atoms with Crippen molar-refractivity contribution in [3.63, 3.8) is 0 Å². The van der Waals surface area contributed by atoms with Crippen molar-refractivity contribution in [3.05, 3.63) is 0 Å². The molecule has 0 fully saturated rings. The van der Waals surface area contributed by atoms with Gasteiger partial charge < -0.3 is 25.5 Å². The van der Waals surface area contributed by atoms with Crippen LogP contribution in [0.3, 0.4) is 0 Å². The van der Waals surface area contributed by atoms with Crippen LogP contribution in [-0.2, 0) is 0 Å². The van der Waals surface area contributed by atoms with E-state index in [1.807, 2.05) is 0 Å². The van der Waals surface area contributed by atoms with E-state index >= 15 is 0 Å². The van der Waals surface area contributed by atoms with Gasteiger partial charge >= 0.3 is 0 Å². The molecule has 0 heterocycles. The number of hydrogen-bond donors (Lipinski definition) is 5. The monoisotopic (exact) mass is 244 g/mol. The maximum absolute atomic E-state index is 7.00. The Balaban J connectivity index is -0.0000000115. The molecule has 0 atom stereocenters. The third-order valence-corrected chi connectivity index (χ3v) is 0. The zero-order valence-corrected chi connectivity index (χ0v) is 10.2. The highest BCUT2D eigenvalue weighted by atomic mass is 35.5. The summed E-state index contributed by atoms with van der Waals surface area (Å²) in [5.41, 5.74) is 0. The molecule has 0 aliphatic carbocycles. The molecule has 0 aliphatic heterocycles. The molecule has 0 saturated heterocycles. The van der Waals surface area contributed by atoms with Crippen molar-refractivity contribution in [2.45, 2.75) is 0 Å². The Morgan fingerprint density at radius 2 is 0.538 bits per heavy atom. The van der Waals surface area contributed by atoms with Crippen LogP contribution in [0.5, 0.6) is 0 Å². The summed E-state index contributed by atoms with van der Waals surface area (Å²) in [5.74, 6) is 0. The van der Waals surface area contributed by atoms with Crippen LogP contribution in [-0.4, -0.2) is 66.4 Å². The molecular formula is C6H22Cl2O5. The molecule has 0 aromatic carbocycles. The second-order valence-electron chi connectivity index (χ2n) is 0.101. The number of aliphatic hydroxyl groups is 5. The molecule has 13 heavy (non-hydrogen) atoms. The van der Waals surface area contributed by atoms with E-state index in [4.69, 9.17) is 48.7 Å². The maximum Gasteiger partial charge on any atom is 0.0967 e. The molecule has 0 saturated carbocycles. The summed E-state index contributed by atoms with van der Waals surface area (Å²) >= 11 is 9.53. The van der Waals surface area contributed by atoms with Crippen LogP contribution in [0, 0.1) is 0 Å². The van der Waals surface area contributed by atoms with E-state index in [9.17, 15) is 0 Å². The van der Waals surface area contributed by atoms with Crippen molar-refractivity contribution in [1.29, 1.82) is 0 Å². The lowest BCUT2D eigenvalue weighted by Crippen LogP contribution is -1.25. The fourth-order valence-corrected chi connectivity index (χ4v) is 0. The first-order chi connectivity index (χ1) is 6.41. The van der Waals surface area contributed by atoms with Gasteiger partial charge in [-0.25, -0.2) is 0 Å². The average molecular weight is 245 g/mol. The molecule has 0 spiro atoms. The minimum atomic E-state index is 0.194. The number of rotatable bonds is 0. The van der Waals surface area contributed by atoms with Gasteiger partial charge in [-0.05, 0) is 0 Å². The van der Waals surface area contributed by atoms with Crippen molar-refractivity contribution in [2.75, 3.05) is 40.9 Å². The first-order valence-corrected chi connectivity index (χ1v) is 3.84. The second-order valence-corrected chi connectivity index (χ2v) is 0.909. The van der Waals surface area contributed by atoms with Crippen molar-refractivity contribution in [3.8, 4) is 0 Å². The molecule has 5 N–H and O–H groups in total. The van der Waals surface area contributed by atoms with Gasteiger partial charge in [0, 0.05) is 35.5 Å². The standard InChI is InChI=1S/CH2Cl2.5CH4O/c2-1-3;5*1-2/h1H2;5*2H,1H3. The van der Waals surface area contributed by atoms with Crippen molar-refractivity contribution < 1.29 is 25.5 Å². The molecule has 90 valence electrons. The van der Waals surface area contributed by atoms with Crippen LogP contribution in [0.15, 0.2) is 0 Å². The van der Waals surface area contributed by atoms with Gasteiger partial charge in [0.1, 0.15) is 0 Å². The lowest BCUT2D eigenvalue weighted by molar-refractivity contribution is 0.399. The zero-order valence-electron chi connectivity index (χ0n) is 8.70. The van der Waals surface area contributed by atoms with Crippen LogP contribution in [0.25, 0.3) is 0 Å². The summed E-state index contributed by atoms with van der Waals surface area (Å²) in [6.07, 6.45) is 0. The Bertz CT molecular complexity index is 19.0. The first-order valence-electron chi connectivity index (χ1n) is 2.77. The van der Waals surface area contributed by atoms with Crippen molar-refractivity contribution in [2.24, 2.45) is 0 Å². The molecule has 0 aliphatic rings. The highest BCUT2D eigenvalue weighted by Crippen LogP contribution is 1.73. The SMILES string of the molecule is CO.CO.CO.CO.CO.ClCCl. The molecular weight excluding hydrogens is 223 g/mol. The third kappa shape index (κ3) is 9240. The van der Waals surface area contributed by atoms with Crippen molar-refractivity contribution >= 4 is 23.2 Å². The Kier molecular flexibility index (Phi) is 2440. The fourth-order valence-electron chi connectivity index (χ4n) is 0.